The minimum atomic E-state index is -1.15. The third-order valence-electron chi connectivity index (χ3n) is 5.71. The predicted octanol–water partition coefficient (Wildman–Crippen LogP) is 2.93. The first kappa shape index (κ1) is 32.1. The largest absolute Gasteiger partial charge is 0.514 e. The van der Waals surface area contributed by atoms with E-state index in [9.17, 15) is 34.1 Å². The first-order valence-corrected chi connectivity index (χ1v) is 12.5. The lowest BCUT2D eigenvalue weighted by Gasteiger charge is -2.19. The molecule has 2 amide bonds. The fourth-order valence-electron chi connectivity index (χ4n) is 3.43. The summed E-state index contributed by atoms with van der Waals surface area (Å²) in [6, 6.07) is 10.3. The second-order valence-corrected chi connectivity index (χ2v) is 8.99. The van der Waals surface area contributed by atoms with Gasteiger partial charge in [0, 0.05) is 30.9 Å². The van der Waals surface area contributed by atoms with Crippen molar-refractivity contribution in [2.75, 3.05) is 6.61 Å². The highest BCUT2D eigenvalue weighted by molar-refractivity contribution is 5.94. The van der Waals surface area contributed by atoms with E-state index in [1.807, 2.05) is 0 Å². The van der Waals surface area contributed by atoms with Crippen LogP contribution in [0, 0.1) is 16.0 Å². The number of non-ortho nitro benzene ring substituents is 1. The first-order valence-electron chi connectivity index (χ1n) is 12.5. The molecule has 2 aromatic carbocycles. The van der Waals surface area contributed by atoms with Crippen molar-refractivity contribution in [2.45, 2.75) is 45.3 Å². The van der Waals surface area contributed by atoms with Gasteiger partial charge in [-0.15, -0.1) is 0 Å². The van der Waals surface area contributed by atoms with E-state index in [2.05, 4.69) is 11.9 Å². The maximum atomic E-state index is 12.9. The number of amides is 2. The summed E-state index contributed by atoms with van der Waals surface area (Å²) in [6.45, 7) is 4.97. The van der Waals surface area contributed by atoms with Crippen LogP contribution in [0.5, 0.6) is 5.75 Å². The monoisotopic (exact) mass is 569 g/mol. The van der Waals surface area contributed by atoms with Crippen LogP contribution in [0.1, 0.15) is 37.3 Å². The fourth-order valence-corrected chi connectivity index (χ4v) is 3.43. The van der Waals surface area contributed by atoms with Crippen LogP contribution >= 0.6 is 0 Å². The van der Waals surface area contributed by atoms with Crippen LogP contribution < -0.4 is 15.8 Å². The molecule has 0 spiro atoms. The van der Waals surface area contributed by atoms with E-state index in [-0.39, 0.29) is 50.3 Å². The van der Waals surface area contributed by atoms with Crippen molar-refractivity contribution < 1.29 is 43.1 Å². The van der Waals surface area contributed by atoms with Gasteiger partial charge >= 0.3 is 12.1 Å². The molecule has 0 fully saturated rings. The highest BCUT2D eigenvalue weighted by atomic mass is 16.7. The van der Waals surface area contributed by atoms with Crippen LogP contribution in [0.4, 0.5) is 10.5 Å². The molecule has 13 nitrogen and oxygen atoms in total. The zero-order chi connectivity index (χ0) is 30.4. The Morgan fingerprint density at radius 3 is 2.24 bits per heavy atom. The summed E-state index contributed by atoms with van der Waals surface area (Å²) in [5.41, 5.74) is 6.29. The molecule has 0 radical (unpaired) electrons. The highest BCUT2D eigenvalue weighted by Crippen LogP contribution is 2.18. The summed E-state index contributed by atoms with van der Waals surface area (Å²) in [6.07, 6.45) is 0.112. The summed E-state index contributed by atoms with van der Waals surface area (Å²) in [7, 11) is 0. The van der Waals surface area contributed by atoms with Crippen molar-refractivity contribution >= 4 is 35.4 Å². The van der Waals surface area contributed by atoms with Gasteiger partial charge in [0.15, 0.2) is 5.78 Å². The molecule has 3 N–H and O–H groups in total. The SMILES string of the molecule is C=CCOC(=O)CCC(C)C(=O)NC(CC(N)=O)C(=O)Cc1ccc(COC(=O)Oc2ccc([N+](=O)[O-])cc2)cc1. The first-order chi connectivity index (χ1) is 19.5. The molecule has 218 valence electrons. The van der Waals surface area contributed by atoms with Gasteiger partial charge in [0.2, 0.25) is 11.8 Å². The molecule has 0 saturated carbocycles. The van der Waals surface area contributed by atoms with Gasteiger partial charge in [-0.25, -0.2) is 4.79 Å². The Labute approximate surface area is 235 Å². The summed E-state index contributed by atoms with van der Waals surface area (Å²) in [5.74, 6) is -2.74. The van der Waals surface area contributed by atoms with Crippen LogP contribution in [-0.4, -0.2) is 47.3 Å². The van der Waals surface area contributed by atoms with Gasteiger partial charge < -0.3 is 25.3 Å². The molecular weight excluding hydrogens is 538 g/mol. The van der Waals surface area contributed by atoms with Gasteiger partial charge in [-0.3, -0.25) is 29.3 Å². The van der Waals surface area contributed by atoms with Crippen molar-refractivity contribution in [3.8, 4) is 5.75 Å². The van der Waals surface area contributed by atoms with Crippen molar-refractivity contribution in [1.82, 2.24) is 5.32 Å². The summed E-state index contributed by atoms with van der Waals surface area (Å²) < 4.78 is 14.9. The van der Waals surface area contributed by atoms with E-state index in [1.54, 1.807) is 31.2 Å². The molecule has 0 saturated heterocycles. The Hall–Kier alpha value is -5.07. The van der Waals surface area contributed by atoms with E-state index in [0.717, 1.165) is 0 Å². The number of hydrogen-bond acceptors (Lipinski definition) is 10. The van der Waals surface area contributed by atoms with Crippen LogP contribution in [0.2, 0.25) is 0 Å². The summed E-state index contributed by atoms with van der Waals surface area (Å²) >= 11 is 0. The van der Waals surface area contributed by atoms with E-state index in [0.29, 0.717) is 11.1 Å². The zero-order valence-corrected chi connectivity index (χ0v) is 22.4. The number of nitro groups is 1. The van der Waals surface area contributed by atoms with Gasteiger partial charge in [-0.1, -0.05) is 43.8 Å². The van der Waals surface area contributed by atoms with Gasteiger partial charge in [-0.2, -0.15) is 0 Å². The number of nitrogens with zero attached hydrogens (tertiary/aromatic N) is 1. The van der Waals surface area contributed by atoms with E-state index in [4.69, 9.17) is 19.9 Å². The molecule has 0 aliphatic rings. The van der Waals surface area contributed by atoms with E-state index in [1.165, 1.54) is 30.3 Å². The lowest BCUT2D eigenvalue weighted by molar-refractivity contribution is -0.384. The molecule has 13 heteroatoms. The molecule has 2 atom stereocenters. The minimum Gasteiger partial charge on any atom is -0.461 e. The van der Waals surface area contributed by atoms with Crippen molar-refractivity contribution in [3.05, 3.63) is 82.4 Å². The summed E-state index contributed by atoms with van der Waals surface area (Å²) in [5, 5.41) is 13.2. The predicted molar refractivity (Wildman–Crippen MR) is 144 cm³/mol. The number of carbonyl (C=O) groups excluding carboxylic acids is 5. The molecule has 41 heavy (non-hydrogen) atoms. The third-order valence-corrected chi connectivity index (χ3v) is 5.71. The third kappa shape index (κ3) is 11.7. The van der Waals surface area contributed by atoms with Gasteiger partial charge in [0.05, 0.1) is 17.4 Å². The number of ether oxygens (including phenoxy) is 3. The molecule has 0 heterocycles. The number of benzene rings is 2. The molecule has 0 aliphatic carbocycles. The number of ketones is 1. The molecular formula is C28H31N3O10. The average Bonchev–Trinajstić information content (AvgIpc) is 2.94. The lowest BCUT2D eigenvalue weighted by atomic mass is 9.98. The Balaban J connectivity index is 1.87. The molecule has 0 aliphatic heterocycles. The minimum absolute atomic E-state index is 0.00167. The Kier molecular flexibility index (Phi) is 12.6. The smallest absolute Gasteiger partial charge is 0.461 e. The number of carbonyl (C=O) groups is 5. The maximum absolute atomic E-state index is 12.9. The number of Topliss-reactive ketones (excluding diaryl/α,β-unsaturated/α-hetero) is 1. The number of hydrogen-bond donors (Lipinski definition) is 2. The molecule has 2 unspecified atom stereocenters. The number of nitrogens with one attached hydrogen (secondary N) is 1. The second-order valence-electron chi connectivity index (χ2n) is 8.99. The number of nitrogens with two attached hydrogens (primary N) is 1. The van der Waals surface area contributed by atoms with Crippen molar-refractivity contribution in [1.29, 1.82) is 0 Å². The Morgan fingerprint density at radius 2 is 1.66 bits per heavy atom. The van der Waals surface area contributed by atoms with Crippen LogP contribution in [0.3, 0.4) is 0 Å². The molecule has 0 bridgehead atoms. The zero-order valence-electron chi connectivity index (χ0n) is 22.4. The van der Waals surface area contributed by atoms with Crippen LogP contribution in [0.25, 0.3) is 0 Å². The molecule has 2 rings (SSSR count). The van der Waals surface area contributed by atoms with E-state index < -0.39 is 46.6 Å². The van der Waals surface area contributed by atoms with Crippen molar-refractivity contribution in [3.63, 3.8) is 0 Å². The van der Waals surface area contributed by atoms with E-state index >= 15 is 0 Å². The lowest BCUT2D eigenvalue weighted by Crippen LogP contribution is -2.46. The van der Waals surface area contributed by atoms with Gasteiger partial charge in [-0.05, 0) is 29.7 Å². The highest BCUT2D eigenvalue weighted by Gasteiger charge is 2.25. The maximum Gasteiger partial charge on any atom is 0.514 e. The standard InChI is InChI=1S/C28H31N3O10/c1-3-14-39-26(34)13-4-18(2)27(35)30-23(16-25(29)33)24(32)15-19-5-7-20(8-6-19)17-40-28(36)41-22-11-9-21(10-12-22)31(37)38/h3,5-12,18,23H,1,4,13-17H2,2H3,(H2,29,33)(H,30,35). The molecule has 0 aromatic heterocycles. The number of rotatable bonds is 16. The quantitative estimate of drug-likeness (QED) is 0.0997. The second kappa shape index (κ2) is 16.1. The summed E-state index contributed by atoms with van der Waals surface area (Å²) in [4.78, 5) is 70.7. The number of primary amides is 1. The Morgan fingerprint density at radius 1 is 1.02 bits per heavy atom. The average molecular weight is 570 g/mol. The topological polar surface area (TPSA) is 194 Å². The van der Waals surface area contributed by atoms with Gasteiger partial charge in [0.1, 0.15) is 19.0 Å². The number of esters is 1. The van der Waals surface area contributed by atoms with Crippen LogP contribution in [-0.2, 0) is 41.7 Å². The normalized spacial score (nSPS) is 11.8. The Bertz CT molecular complexity index is 1260. The fraction of sp³-hybridized carbons (Fsp3) is 0.321. The van der Waals surface area contributed by atoms with Crippen LogP contribution in [0.15, 0.2) is 61.2 Å². The molecule has 2 aromatic rings. The number of nitro benzene ring substituents is 1. The van der Waals surface area contributed by atoms with Crippen molar-refractivity contribution in [2.24, 2.45) is 11.7 Å². The van der Waals surface area contributed by atoms with Gasteiger partial charge in [0.25, 0.3) is 5.69 Å².